The first kappa shape index (κ1) is 11.7. The van der Waals surface area contributed by atoms with Gasteiger partial charge in [-0.15, -0.1) is 0 Å². The van der Waals surface area contributed by atoms with Crippen LogP contribution in [-0.2, 0) is 0 Å². The molecule has 0 aliphatic carbocycles. The predicted octanol–water partition coefficient (Wildman–Crippen LogP) is 4.20. The van der Waals surface area contributed by atoms with E-state index in [9.17, 15) is 0 Å². The lowest BCUT2D eigenvalue weighted by molar-refractivity contribution is 0.918. The van der Waals surface area contributed by atoms with E-state index in [-0.39, 0.29) is 0 Å². The summed E-state index contributed by atoms with van der Waals surface area (Å²) in [6.45, 7) is 13.3. The molecule has 13 heavy (non-hydrogen) atoms. The molecule has 0 saturated heterocycles. The Balaban J connectivity index is 4.78. The molecule has 0 nitrogen and oxygen atoms in total. The van der Waals surface area contributed by atoms with Gasteiger partial charge in [0.25, 0.3) is 0 Å². The highest BCUT2D eigenvalue weighted by molar-refractivity contribution is 5.42. The number of hydrogen-bond acceptors (Lipinski definition) is 0. The lowest BCUT2D eigenvalue weighted by atomic mass is 10.0. The lowest BCUT2D eigenvalue weighted by Gasteiger charge is -2.05. The molecule has 0 spiro atoms. The van der Waals surface area contributed by atoms with Crippen molar-refractivity contribution in [3.8, 4) is 0 Å². The number of hydrogen-bond donors (Lipinski definition) is 0. The first-order valence-electron chi connectivity index (χ1n) is 4.57. The molecule has 0 aliphatic heterocycles. The Kier molecular flexibility index (Phi) is 6.62. The van der Waals surface area contributed by atoms with Crippen molar-refractivity contribution in [1.82, 2.24) is 0 Å². The van der Waals surface area contributed by atoms with E-state index in [0.29, 0.717) is 0 Å². The van der Waals surface area contributed by atoms with E-state index in [2.05, 4.69) is 26.7 Å². The largest absolute Gasteiger partial charge is 0.0991 e. The van der Waals surface area contributed by atoms with Crippen molar-refractivity contribution in [2.75, 3.05) is 0 Å². The van der Waals surface area contributed by atoms with Gasteiger partial charge in [0.15, 0.2) is 0 Å². The van der Waals surface area contributed by atoms with Crippen molar-refractivity contribution in [3.05, 3.63) is 61.3 Å². The van der Waals surface area contributed by atoms with Gasteiger partial charge in [-0.3, -0.25) is 0 Å². The second-order valence-electron chi connectivity index (χ2n) is 2.74. The van der Waals surface area contributed by atoms with Crippen LogP contribution >= 0.6 is 0 Å². The highest BCUT2D eigenvalue weighted by Gasteiger charge is 1.97. The molecule has 0 heteroatoms. The Morgan fingerprint density at radius 1 is 1.08 bits per heavy atom. The smallest absolute Gasteiger partial charge is 0.0231 e. The van der Waals surface area contributed by atoms with Gasteiger partial charge in [-0.2, -0.15) is 0 Å². The van der Waals surface area contributed by atoms with Crippen molar-refractivity contribution < 1.29 is 0 Å². The first-order valence-corrected chi connectivity index (χ1v) is 4.57. The van der Waals surface area contributed by atoms with E-state index >= 15 is 0 Å². The predicted molar refractivity (Wildman–Crippen MR) is 61.7 cm³/mol. The summed E-state index contributed by atoms with van der Waals surface area (Å²) >= 11 is 0. The Labute approximate surface area is 81.7 Å². The second kappa shape index (κ2) is 7.35. The summed E-state index contributed by atoms with van der Waals surface area (Å²) in [7, 11) is 0. The molecule has 0 radical (unpaired) electrons. The molecule has 0 aliphatic rings. The van der Waals surface area contributed by atoms with E-state index in [0.717, 1.165) is 18.4 Å². The lowest BCUT2D eigenvalue weighted by Crippen LogP contribution is -1.85. The molecule has 0 aromatic carbocycles. The fourth-order valence-corrected chi connectivity index (χ4v) is 1.17. The average molecular weight is 174 g/mol. The fourth-order valence-electron chi connectivity index (χ4n) is 1.17. The van der Waals surface area contributed by atoms with Crippen LogP contribution in [0.15, 0.2) is 61.3 Å². The zero-order valence-corrected chi connectivity index (χ0v) is 8.42. The molecule has 0 heterocycles. The molecule has 0 atom stereocenters. The van der Waals surface area contributed by atoms with Crippen LogP contribution in [0.25, 0.3) is 0 Å². The highest BCUT2D eigenvalue weighted by Crippen LogP contribution is 2.17. The van der Waals surface area contributed by atoms with Crippen LogP contribution in [0.4, 0.5) is 0 Å². The number of allylic oxidation sites excluding steroid dienone is 7. The van der Waals surface area contributed by atoms with E-state index < -0.39 is 0 Å². The molecule has 0 saturated carbocycles. The Morgan fingerprint density at radius 3 is 2.08 bits per heavy atom. The van der Waals surface area contributed by atoms with Crippen molar-refractivity contribution in [1.29, 1.82) is 0 Å². The van der Waals surface area contributed by atoms with Crippen LogP contribution in [-0.4, -0.2) is 0 Å². The van der Waals surface area contributed by atoms with E-state index in [1.54, 1.807) is 6.08 Å². The van der Waals surface area contributed by atoms with Crippen molar-refractivity contribution in [3.63, 3.8) is 0 Å². The summed E-state index contributed by atoms with van der Waals surface area (Å²) in [6, 6.07) is 0. The van der Waals surface area contributed by atoms with Gasteiger partial charge in [0.1, 0.15) is 0 Å². The Hall–Kier alpha value is -1.30. The van der Waals surface area contributed by atoms with Gasteiger partial charge < -0.3 is 0 Å². The molecule has 0 bridgehead atoms. The molecule has 0 rings (SSSR count). The molecule has 0 N–H and O–H groups in total. The molecule has 0 aromatic rings. The highest BCUT2D eigenvalue weighted by atomic mass is 14.0. The van der Waals surface area contributed by atoms with Crippen LogP contribution in [0.3, 0.4) is 0 Å². The molecule has 0 aromatic heterocycles. The van der Waals surface area contributed by atoms with Gasteiger partial charge in [0.05, 0.1) is 0 Å². The summed E-state index contributed by atoms with van der Waals surface area (Å²) in [4.78, 5) is 0. The van der Waals surface area contributed by atoms with E-state index in [1.807, 2.05) is 24.3 Å². The zero-order chi connectivity index (χ0) is 10.1. The normalized spacial score (nSPS) is 12.4. The topological polar surface area (TPSA) is 0 Å². The molecule has 0 unspecified atom stereocenters. The van der Waals surface area contributed by atoms with E-state index in [1.165, 1.54) is 5.57 Å². The Morgan fingerprint density at radius 2 is 1.69 bits per heavy atom. The quantitative estimate of drug-likeness (QED) is 0.529. The summed E-state index contributed by atoms with van der Waals surface area (Å²) in [5.74, 6) is 0. The van der Waals surface area contributed by atoms with Gasteiger partial charge in [-0.1, -0.05) is 63.5 Å². The third-order valence-corrected chi connectivity index (χ3v) is 1.73. The van der Waals surface area contributed by atoms with Crippen LogP contribution in [0.1, 0.15) is 19.8 Å². The van der Waals surface area contributed by atoms with Gasteiger partial charge >= 0.3 is 0 Å². The summed E-state index contributed by atoms with van der Waals surface area (Å²) in [5, 5.41) is 0. The van der Waals surface area contributed by atoms with Crippen LogP contribution in [0.2, 0.25) is 0 Å². The monoisotopic (exact) mass is 174 g/mol. The maximum absolute atomic E-state index is 3.77. The molecular weight excluding hydrogens is 156 g/mol. The van der Waals surface area contributed by atoms with Crippen LogP contribution < -0.4 is 0 Å². The first-order chi connectivity index (χ1) is 6.29. The fraction of sp³-hybridized carbons (Fsp3) is 0.231. The van der Waals surface area contributed by atoms with Crippen molar-refractivity contribution >= 4 is 0 Å². The van der Waals surface area contributed by atoms with Gasteiger partial charge in [0, 0.05) is 0 Å². The van der Waals surface area contributed by atoms with Crippen LogP contribution in [0, 0.1) is 0 Å². The minimum absolute atomic E-state index is 1.05. The third kappa shape index (κ3) is 4.32. The van der Waals surface area contributed by atoms with Gasteiger partial charge in [-0.05, 0) is 17.6 Å². The molecule has 70 valence electrons. The molecule has 0 amide bonds. The Bertz CT molecular complexity index is 239. The minimum atomic E-state index is 1.05. The molecule has 0 fully saturated rings. The van der Waals surface area contributed by atoms with Crippen LogP contribution in [0.5, 0.6) is 0 Å². The SMILES string of the molecule is C=C/C=C(C=C)\C(=C/C=C)CCC. The molecular formula is C13H18. The van der Waals surface area contributed by atoms with Gasteiger partial charge in [-0.25, -0.2) is 0 Å². The minimum Gasteiger partial charge on any atom is -0.0991 e. The average Bonchev–Trinajstić information content (AvgIpc) is 2.14. The van der Waals surface area contributed by atoms with Crippen molar-refractivity contribution in [2.24, 2.45) is 0 Å². The summed E-state index contributed by atoms with van der Waals surface area (Å²) < 4.78 is 0. The second-order valence-corrected chi connectivity index (χ2v) is 2.74. The maximum Gasteiger partial charge on any atom is -0.0231 e. The van der Waals surface area contributed by atoms with E-state index in [4.69, 9.17) is 0 Å². The maximum atomic E-state index is 3.77. The zero-order valence-electron chi connectivity index (χ0n) is 8.42. The van der Waals surface area contributed by atoms with Crippen molar-refractivity contribution in [2.45, 2.75) is 19.8 Å². The number of rotatable bonds is 6. The standard InChI is InChI=1S/C13H18/c1-5-9-12(8-4)13(10-6-2)11-7-3/h5-6,8-10H,1-2,4,7,11H2,3H3/b12-9-,13-10-. The third-order valence-electron chi connectivity index (χ3n) is 1.73. The summed E-state index contributed by atoms with van der Waals surface area (Å²) in [6.07, 6.45) is 11.6. The van der Waals surface area contributed by atoms with Gasteiger partial charge in [0.2, 0.25) is 0 Å². The summed E-state index contributed by atoms with van der Waals surface area (Å²) in [5.41, 5.74) is 2.41.